The molecule has 1 saturated heterocycles. The second kappa shape index (κ2) is 1.59. The summed E-state index contributed by atoms with van der Waals surface area (Å²) in [5.74, 6) is 0. The van der Waals surface area contributed by atoms with Gasteiger partial charge in [0.2, 0.25) is 0 Å². The van der Waals surface area contributed by atoms with E-state index < -0.39 is 0 Å². The molecule has 2 heterocycles. The molecule has 0 aliphatic carbocycles. The van der Waals surface area contributed by atoms with Crippen LogP contribution in [0.25, 0.3) is 0 Å². The van der Waals surface area contributed by atoms with E-state index in [0.29, 0.717) is 0 Å². The first kappa shape index (κ1) is 4.57. The van der Waals surface area contributed by atoms with E-state index >= 15 is 0 Å². The highest BCUT2D eigenvalue weighted by molar-refractivity contribution is 5.09. The van der Waals surface area contributed by atoms with Gasteiger partial charge >= 0.3 is 0 Å². The van der Waals surface area contributed by atoms with Gasteiger partial charge in [-0.1, -0.05) is 12.2 Å². The van der Waals surface area contributed by atoms with Gasteiger partial charge in [-0.05, 0) is 12.8 Å². The van der Waals surface area contributed by atoms with Crippen LogP contribution in [0.4, 0.5) is 0 Å². The Balaban J connectivity index is 2.13. The summed E-state index contributed by atoms with van der Waals surface area (Å²) in [6.07, 6.45) is 7.19. The lowest BCUT2D eigenvalue weighted by molar-refractivity contribution is 0.389. The second-order valence-corrected chi connectivity index (χ2v) is 2.45. The van der Waals surface area contributed by atoms with Crippen LogP contribution in [0.1, 0.15) is 12.8 Å². The molecule has 1 nitrogen and oxygen atoms in total. The highest BCUT2D eigenvalue weighted by Crippen LogP contribution is 2.24. The first-order valence-electron chi connectivity index (χ1n) is 3.22. The van der Waals surface area contributed by atoms with E-state index in [1.165, 1.54) is 12.8 Å². The van der Waals surface area contributed by atoms with Crippen molar-refractivity contribution in [3.63, 3.8) is 0 Å². The van der Waals surface area contributed by atoms with Gasteiger partial charge in [-0.3, -0.25) is 4.90 Å². The summed E-state index contributed by atoms with van der Waals surface area (Å²) in [5, 5.41) is 0. The van der Waals surface area contributed by atoms with Crippen LogP contribution in [-0.2, 0) is 0 Å². The van der Waals surface area contributed by atoms with Gasteiger partial charge in [-0.25, -0.2) is 0 Å². The van der Waals surface area contributed by atoms with Crippen molar-refractivity contribution in [3.05, 3.63) is 18.7 Å². The van der Waals surface area contributed by atoms with Crippen molar-refractivity contribution < 1.29 is 0 Å². The number of hydrogen-bond acceptors (Lipinski definition) is 1. The Morgan fingerprint density at radius 3 is 3.38 bits per heavy atom. The van der Waals surface area contributed by atoms with Crippen LogP contribution in [-0.4, -0.2) is 17.5 Å². The van der Waals surface area contributed by atoms with E-state index in [9.17, 15) is 0 Å². The molecule has 0 N–H and O–H groups in total. The molecule has 8 heavy (non-hydrogen) atoms. The zero-order chi connectivity index (χ0) is 5.40. The normalized spacial score (nSPS) is 36.2. The largest absolute Gasteiger partial charge is 0.289 e. The molecule has 0 aromatic carbocycles. The monoisotopic (exact) mass is 108 g/mol. The van der Waals surface area contributed by atoms with Gasteiger partial charge in [-0.2, -0.15) is 0 Å². The maximum Gasteiger partial charge on any atom is 0.0286 e. The molecule has 0 aromatic rings. The molecule has 2 aliphatic heterocycles. The maximum absolute atomic E-state index is 2.40. The third kappa shape index (κ3) is 0.511. The second-order valence-electron chi connectivity index (χ2n) is 2.45. The number of hydrogen-bond donors (Lipinski definition) is 0. The van der Waals surface area contributed by atoms with Crippen LogP contribution < -0.4 is 0 Å². The summed E-state index contributed by atoms with van der Waals surface area (Å²) in [5.41, 5.74) is 0. The molecule has 0 aromatic heterocycles. The summed E-state index contributed by atoms with van der Waals surface area (Å²) < 4.78 is 0. The van der Waals surface area contributed by atoms with Crippen molar-refractivity contribution in [2.45, 2.75) is 18.9 Å². The molecule has 2 rings (SSSR count). The molecule has 1 heteroatoms. The fourth-order valence-corrected chi connectivity index (χ4v) is 1.47. The molecule has 0 amide bonds. The van der Waals surface area contributed by atoms with Crippen molar-refractivity contribution in [3.8, 4) is 0 Å². The Bertz CT molecular complexity index is 118. The van der Waals surface area contributed by atoms with Crippen LogP contribution in [0.3, 0.4) is 0 Å². The Kier molecular flexibility index (Phi) is 0.908. The van der Waals surface area contributed by atoms with Crippen molar-refractivity contribution in [1.82, 2.24) is 4.90 Å². The van der Waals surface area contributed by atoms with Crippen LogP contribution in [0, 0.1) is 6.54 Å². The van der Waals surface area contributed by atoms with Crippen LogP contribution in [0.2, 0.25) is 0 Å². The summed E-state index contributed by atoms with van der Waals surface area (Å²) in [7, 11) is 0. The number of fused-ring (bicyclic) bond motifs is 1. The van der Waals surface area contributed by atoms with E-state index in [1.54, 1.807) is 0 Å². The van der Waals surface area contributed by atoms with Gasteiger partial charge in [0, 0.05) is 19.1 Å². The Morgan fingerprint density at radius 1 is 1.50 bits per heavy atom. The quantitative estimate of drug-likeness (QED) is 0.421. The zero-order valence-corrected chi connectivity index (χ0v) is 4.88. The number of nitrogens with zero attached hydrogens (tertiary/aromatic N) is 1. The van der Waals surface area contributed by atoms with Gasteiger partial charge in [0.25, 0.3) is 0 Å². The average Bonchev–Trinajstić information content (AvgIpc) is 2.15. The highest BCUT2D eigenvalue weighted by atomic mass is 15.2. The first-order valence-corrected chi connectivity index (χ1v) is 3.22. The standard InChI is InChI=1S/C7H10N/c1-3-7-4-2-6-8(7)5-1/h1,3,6-7H,2,4-5H2. The topological polar surface area (TPSA) is 3.24 Å². The predicted octanol–water partition coefficient (Wildman–Crippen LogP) is 1.18. The lowest BCUT2D eigenvalue weighted by Gasteiger charge is -2.11. The summed E-state index contributed by atoms with van der Waals surface area (Å²) >= 11 is 0. The lowest BCUT2D eigenvalue weighted by Crippen LogP contribution is -2.19. The molecule has 0 saturated carbocycles. The molecular weight excluding hydrogens is 98.1 g/mol. The van der Waals surface area contributed by atoms with E-state index in [1.807, 2.05) is 0 Å². The molecule has 1 atom stereocenters. The van der Waals surface area contributed by atoms with E-state index in [0.717, 1.165) is 12.6 Å². The van der Waals surface area contributed by atoms with E-state index in [2.05, 4.69) is 23.6 Å². The van der Waals surface area contributed by atoms with E-state index in [-0.39, 0.29) is 0 Å². The van der Waals surface area contributed by atoms with Gasteiger partial charge in [0.15, 0.2) is 0 Å². The first-order chi connectivity index (χ1) is 3.97. The fourth-order valence-electron chi connectivity index (χ4n) is 1.47. The van der Waals surface area contributed by atoms with Gasteiger partial charge in [0.05, 0.1) is 0 Å². The van der Waals surface area contributed by atoms with Gasteiger partial charge in [0.1, 0.15) is 0 Å². The SMILES string of the molecule is [CH]1CCC2C=CCN12. The molecule has 1 unspecified atom stereocenters. The van der Waals surface area contributed by atoms with Gasteiger partial charge in [-0.15, -0.1) is 0 Å². The smallest absolute Gasteiger partial charge is 0.0286 e. The molecule has 43 valence electrons. The third-order valence-electron chi connectivity index (χ3n) is 1.93. The summed E-state index contributed by atoms with van der Waals surface area (Å²) in [6, 6.07) is 0.773. The van der Waals surface area contributed by atoms with Crippen molar-refractivity contribution >= 4 is 0 Å². The Hall–Kier alpha value is -0.300. The van der Waals surface area contributed by atoms with Gasteiger partial charge < -0.3 is 0 Å². The van der Waals surface area contributed by atoms with E-state index in [4.69, 9.17) is 0 Å². The predicted molar refractivity (Wildman–Crippen MR) is 33.2 cm³/mol. The highest BCUT2D eigenvalue weighted by Gasteiger charge is 2.24. The van der Waals surface area contributed by atoms with Crippen molar-refractivity contribution in [2.24, 2.45) is 0 Å². The summed E-state index contributed by atoms with van der Waals surface area (Å²) in [4.78, 5) is 2.40. The molecule has 2 aliphatic rings. The minimum atomic E-state index is 0.773. The number of rotatable bonds is 0. The Labute approximate surface area is 50.0 Å². The lowest BCUT2D eigenvalue weighted by atomic mass is 10.2. The van der Waals surface area contributed by atoms with Crippen LogP contribution >= 0.6 is 0 Å². The maximum atomic E-state index is 2.40. The van der Waals surface area contributed by atoms with Crippen molar-refractivity contribution in [1.29, 1.82) is 0 Å². The minimum absolute atomic E-state index is 0.773. The molecule has 1 fully saturated rings. The molecule has 1 radical (unpaired) electrons. The molecule has 0 bridgehead atoms. The summed E-state index contributed by atoms with van der Waals surface area (Å²) in [6.45, 7) is 3.47. The molecule has 0 spiro atoms. The Morgan fingerprint density at radius 2 is 2.50 bits per heavy atom. The molecular formula is C7H10N. The fraction of sp³-hybridized carbons (Fsp3) is 0.571. The zero-order valence-electron chi connectivity index (χ0n) is 4.88. The third-order valence-corrected chi connectivity index (χ3v) is 1.93. The van der Waals surface area contributed by atoms with Crippen LogP contribution in [0.15, 0.2) is 12.2 Å². The minimum Gasteiger partial charge on any atom is -0.289 e. The van der Waals surface area contributed by atoms with Crippen LogP contribution in [0.5, 0.6) is 0 Å². The average molecular weight is 108 g/mol. The van der Waals surface area contributed by atoms with Crippen molar-refractivity contribution in [2.75, 3.05) is 6.54 Å².